The number of benzene rings is 3. The van der Waals surface area contributed by atoms with Crippen LogP contribution in [0, 0.1) is 0 Å². The maximum absolute atomic E-state index is 13.4. The van der Waals surface area contributed by atoms with Gasteiger partial charge in [-0.1, -0.05) is 53.3 Å². The van der Waals surface area contributed by atoms with Crippen molar-refractivity contribution in [2.24, 2.45) is 10.2 Å². The fraction of sp³-hybridized carbons (Fsp3) is 0.0400. The van der Waals surface area contributed by atoms with Gasteiger partial charge in [-0.15, -0.1) is 5.11 Å². The molecule has 0 amide bonds. The molecule has 0 aliphatic carbocycles. The van der Waals surface area contributed by atoms with Crippen molar-refractivity contribution in [3.05, 3.63) is 100 Å². The zero-order valence-corrected chi connectivity index (χ0v) is 19.5. The summed E-state index contributed by atoms with van der Waals surface area (Å²) in [6.07, 6.45) is 1.74. The predicted molar refractivity (Wildman–Crippen MR) is 135 cm³/mol. The molecule has 34 heavy (non-hydrogen) atoms. The molecule has 0 bridgehead atoms. The second-order valence-corrected chi connectivity index (χ2v) is 8.70. The van der Waals surface area contributed by atoms with E-state index in [-0.39, 0.29) is 11.2 Å². The molecule has 0 unspecified atom stereocenters. The topological polar surface area (TPSA) is 84.6 Å². The van der Waals surface area contributed by atoms with Crippen molar-refractivity contribution in [3.8, 4) is 32.6 Å². The van der Waals surface area contributed by atoms with Crippen LogP contribution in [0.15, 0.2) is 100 Å². The Kier molecular flexibility index (Phi) is 6.07. The summed E-state index contributed by atoms with van der Waals surface area (Å²) in [7, 11) is 1.63. The lowest BCUT2D eigenvalue weighted by Crippen LogP contribution is -2.13. The first-order valence-electron chi connectivity index (χ1n) is 10.3. The maximum atomic E-state index is 13.4. The van der Waals surface area contributed by atoms with Gasteiger partial charge in [0.2, 0.25) is 5.13 Å². The van der Waals surface area contributed by atoms with E-state index < -0.39 is 0 Å². The van der Waals surface area contributed by atoms with Crippen molar-refractivity contribution in [2.75, 3.05) is 7.11 Å². The van der Waals surface area contributed by atoms with E-state index in [1.807, 2.05) is 54.6 Å². The number of methoxy groups -OCH3 is 1. The lowest BCUT2D eigenvalue weighted by atomic mass is 10.1. The van der Waals surface area contributed by atoms with E-state index in [4.69, 9.17) is 16.3 Å². The highest BCUT2D eigenvalue weighted by Crippen LogP contribution is 2.32. The number of nitrogens with one attached hydrogen (secondary N) is 1. The SMILES string of the molecule is COc1ccc(-c2cnc(-n3[nH]c(-c4ccccc4)c(N=Nc4ccc(Cl)cc4)c3=O)s2)cc1. The highest BCUT2D eigenvalue weighted by atomic mass is 35.5. The number of ether oxygens (including phenoxy) is 1. The quantitative estimate of drug-likeness (QED) is 0.261. The van der Waals surface area contributed by atoms with E-state index in [1.165, 1.54) is 16.0 Å². The van der Waals surface area contributed by atoms with Gasteiger partial charge in [-0.05, 0) is 54.1 Å². The van der Waals surface area contributed by atoms with Crippen LogP contribution in [-0.4, -0.2) is 21.9 Å². The van der Waals surface area contributed by atoms with Gasteiger partial charge in [-0.25, -0.2) is 4.98 Å². The number of azo groups is 1. The van der Waals surface area contributed by atoms with Gasteiger partial charge < -0.3 is 4.74 Å². The van der Waals surface area contributed by atoms with Gasteiger partial charge in [0, 0.05) is 16.8 Å². The summed E-state index contributed by atoms with van der Waals surface area (Å²) in [5.41, 5.74) is 2.80. The third kappa shape index (κ3) is 4.41. The molecule has 3 aromatic carbocycles. The molecule has 1 N–H and O–H groups in total. The van der Waals surface area contributed by atoms with Crippen molar-refractivity contribution >= 4 is 34.3 Å². The predicted octanol–water partition coefficient (Wildman–Crippen LogP) is 7.03. The van der Waals surface area contributed by atoms with Gasteiger partial charge in [-0.2, -0.15) is 9.80 Å². The molecule has 0 aliphatic rings. The minimum Gasteiger partial charge on any atom is -0.497 e. The summed E-state index contributed by atoms with van der Waals surface area (Å²) in [5, 5.41) is 12.8. The standard InChI is InChI=1S/C25H18ClN5O2S/c1-33-20-13-7-16(8-14-20)21-15-27-25(34-21)31-24(32)23(22(30-31)17-5-3-2-4-6-17)29-28-19-11-9-18(26)10-12-19/h2-15,30H,1H3. The molecule has 0 atom stereocenters. The Morgan fingerprint density at radius 1 is 0.941 bits per heavy atom. The Morgan fingerprint density at radius 2 is 1.68 bits per heavy atom. The fourth-order valence-electron chi connectivity index (χ4n) is 3.33. The largest absolute Gasteiger partial charge is 0.497 e. The molecule has 7 nitrogen and oxygen atoms in total. The number of aromatic amines is 1. The Morgan fingerprint density at radius 3 is 2.38 bits per heavy atom. The molecular formula is C25H18ClN5O2S. The van der Waals surface area contributed by atoms with E-state index in [2.05, 4.69) is 20.3 Å². The van der Waals surface area contributed by atoms with Crippen LogP contribution >= 0.6 is 22.9 Å². The molecule has 2 aromatic heterocycles. The minimum atomic E-state index is -0.341. The number of hydrogen-bond acceptors (Lipinski definition) is 6. The van der Waals surface area contributed by atoms with Crippen molar-refractivity contribution < 1.29 is 4.74 Å². The highest BCUT2D eigenvalue weighted by molar-refractivity contribution is 7.17. The van der Waals surface area contributed by atoms with E-state index in [0.29, 0.717) is 21.5 Å². The van der Waals surface area contributed by atoms with Crippen molar-refractivity contribution in [1.82, 2.24) is 14.8 Å². The number of H-pyrrole nitrogens is 1. The molecule has 0 radical (unpaired) electrons. The van der Waals surface area contributed by atoms with Gasteiger partial charge in [0.05, 0.1) is 23.4 Å². The van der Waals surface area contributed by atoms with Crippen LogP contribution in [-0.2, 0) is 0 Å². The fourth-order valence-corrected chi connectivity index (χ4v) is 4.34. The molecule has 0 spiro atoms. The van der Waals surface area contributed by atoms with Crippen LogP contribution in [0.4, 0.5) is 11.4 Å². The van der Waals surface area contributed by atoms with Crippen LogP contribution in [0.25, 0.3) is 26.8 Å². The minimum absolute atomic E-state index is 0.197. The number of halogens is 1. The monoisotopic (exact) mass is 487 g/mol. The molecular weight excluding hydrogens is 470 g/mol. The molecule has 5 aromatic rings. The normalized spacial score (nSPS) is 11.2. The number of rotatable bonds is 6. The summed E-state index contributed by atoms with van der Waals surface area (Å²) < 4.78 is 6.62. The summed E-state index contributed by atoms with van der Waals surface area (Å²) in [6, 6.07) is 24.1. The van der Waals surface area contributed by atoms with Crippen molar-refractivity contribution in [3.63, 3.8) is 0 Å². The van der Waals surface area contributed by atoms with Crippen LogP contribution in [0.5, 0.6) is 5.75 Å². The molecule has 9 heteroatoms. The molecule has 0 aliphatic heterocycles. The number of aromatic nitrogens is 3. The Balaban J connectivity index is 1.56. The number of nitrogens with zero attached hydrogens (tertiary/aromatic N) is 4. The van der Waals surface area contributed by atoms with Crippen LogP contribution in [0.3, 0.4) is 0 Å². The van der Waals surface area contributed by atoms with Gasteiger partial charge in [0.1, 0.15) is 5.75 Å². The second kappa shape index (κ2) is 9.46. The summed E-state index contributed by atoms with van der Waals surface area (Å²) in [6.45, 7) is 0. The number of hydrogen-bond donors (Lipinski definition) is 1. The molecule has 0 fully saturated rings. The Hall–Kier alpha value is -4.01. The maximum Gasteiger partial charge on any atom is 0.301 e. The first-order chi connectivity index (χ1) is 16.6. The summed E-state index contributed by atoms with van der Waals surface area (Å²) >= 11 is 7.34. The molecule has 168 valence electrons. The van der Waals surface area contributed by atoms with Gasteiger partial charge >= 0.3 is 5.56 Å². The van der Waals surface area contributed by atoms with Crippen molar-refractivity contribution in [1.29, 1.82) is 0 Å². The zero-order chi connectivity index (χ0) is 23.5. The van der Waals surface area contributed by atoms with E-state index >= 15 is 0 Å². The van der Waals surface area contributed by atoms with Gasteiger partial charge in [0.15, 0.2) is 5.69 Å². The highest BCUT2D eigenvalue weighted by Gasteiger charge is 2.19. The van der Waals surface area contributed by atoms with E-state index in [9.17, 15) is 4.79 Å². The van der Waals surface area contributed by atoms with Crippen molar-refractivity contribution in [2.45, 2.75) is 0 Å². The van der Waals surface area contributed by atoms with E-state index in [0.717, 1.165) is 21.8 Å². The lowest BCUT2D eigenvalue weighted by molar-refractivity contribution is 0.415. The summed E-state index contributed by atoms with van der Waals surface area (Å²) in [4.78, 5) is 18.8. The molecule has 0 saturated heterocycles. The van der Waals surface area contributed by atoms with Crippen LogP contribution < -0.4 is 10.3 Å². The first kappa shape index (κ1) is 21.8. The van der Waals surface area contributed by atoms with Gasteiger partial charge in [-0.3, -0.25) is 9.89 Å². The van der Waals surface area contributed by atoms with Crippen LogP contribution in [0.2, 0.25) is 5.02 Å². The molecule has 2 heterocycles. The number of thiazole rings is 1. The van der Waals surface area contributed by atoms with Gasteiger partial charge in [0.25, 0.3) is 0 Å². The lowest BCUT2D eigenvalue weighted by Gasteiger charge is -2.00. The first-order valence-corrected chi connectivity index (χ1v) is 11.5. The zero-order valence-electron chi connectivity index (χ0n) is 18.0. The average molecular weight is 488 g/mol. The third-order valence-electron chi connectivity index (χ3n) is 5.08. The summed E-state index contributed by atoms with van der Waals surface area (Å²) in [5.74, 6) is 0.775. The van der Waals surface area contributed by atoms with Crippen LogP contribution in [0.1, 0.15) is 0 Å². The second-order valence-electron chi connectivity index (χ2n) is 7.25. The smallest absolute Gasteiger partial charge is 0.301 e. The molecule has 0 saturated carbocycles. The van der Waals surface area contributed by atoms with E-state index in [1.54, 1.807) is 37.6 Å². The average Bonchev–Trinajstić information content (AvgIpc) is 3.49. The third-order valence-corrected chi connectivity index (χ3v) is 6.36. The Labute approximate surface area is 204 Å². The molecule has 5 rings (SSSR count). The Bertz CT molecular complexity index is 1500.